The number of anilines is 3. The van der Waals surface area contributed by atoms with Gasteiger partial charge in [0.05, 0.1) is 18.2 Å². The number of nitrogens with zero attached hydrogens (tertiary/aromatic N) is 4. The monoisotopic (exact) mass is 399 g/mol. The van der Waals surface area contributed by atoms with E-state index in [2.05, 4.69) is 34.3 Å². The molecule has 1 aromatic heterocycles. The summed E-state index contributed by atoms with van der Waals surface area (Å²) in [5.41, 5.74) is 2.42. The van der Waals surface area contributed by atoms with Crippen LogP contribution < -0.4 is 15.0 Å². The molecular weight excluding hydrogens is 374 g/mol. The zero-order valence-corrected chi connectivity index (χ0v) is 17.1. The number of aryl methyl sites for hydroxylation is 1. The molecule has 0 saturated carbocycles. The molecule has 1 fully saturated rings. The molecule has 4 rings (SSSR count). The van der Waals surface area contributed by atoms with Gasteiger partial charge < -0.3 is 15.0 Å². The summed E-state index contributed by atoms with van der Waals surface area (Å²) < 4.78 is 6.12. The van der Waals surface area contributed by atoms with E-state index >= 15 is 0 Å². The van der Waals surface area contributed by atoms with Gasteiger partial charge >= 0.3 is 0 Å². The van der Waals surface area contributed by atoms with E-state index in [4.69, 9.17) is 15.0 Å². The summed E-state index contributed by atoms with van der Waals surface area (Å²) in [6.45, 7) is 3.83. The molecule has 1 atom stereocenters. The zero-order valence-electron chi connectivity index (χ0n) is 17.1. The summed E-state index contributed by atoms with van der Waals surface area (Å²) in [5.74, 6) is 2.36. The van der Waals surface area contributed by atoms with Gasteiger partial charge in [0.1, 0.15) is 17.7 Å². The number of aromatic nitrogens is 2. The summed E-state index contributed by atoms with van der Waals surface area (Å²) >= 11 is 0. The van der Waals surface area contributed by atoms with Crippen molar-refractivity contribution in [3.05, 3.63) is 71.9 Å². The van der Waals surface area contributed by atoms with Crippen LogP contribution in [0, 0.1) is 11.3 Å². The average Bonchev–Trinajstić information content (AvgIpc) is 3.23. The Morgan fingerprint density at radius 2 is 2.00 bits per heavy atom. The maximum Gasteiger partial charge on any atom is 0.229 e. The van der Waals surface area contributed by atoms with E-state index in [1.807, 2.05) is 42.5 Å². The third kappa shape index (κ3) is 4.87. The Balaban J connectivity index is 1.52. The van der Waals surface area contributed by atoms with Crippen LogP contribution in [0.5, 0.6) is 5.75 Å². The molecule has 3 aromatic rings. The van der Waals surface area contributed by atoms with E-state index in [0.29, 0.717) is 11.5 Å². The predicted octanol–water partition coefficient (Wildman–Crippen LogP) is 4.70. The Bertz CT molecular complexity index is 1030. The van der Waals surface area contributed by atoms with Crippen LogP contribution in [0.3, 0.4) is 0 Å². The van der Waals surface area contributed by atoms with Gasteiger partial charge in [0.15, 0.2) is 0 Å². The van der Waals surface area contributed by atoms with Crippen LogP contribution in [-0.2, 0) is 6.42 Å². The van der Waals surface area contributed by atoms with Crippen molar-refractivity contribution in [2.24, 2.45) is 0 Å². The number of nitrogens with one attached hydrogen (secondary N) is 1. The topological polar surface area (TPSA) is 74.1 Å². The van der Waals surface area contributed by atoms with Crippen LogP contribution in [0.4, 0.5) is 17.5 Å². The average molecular weight is 399 g/mol. The van der Waals surface area contributed by atoms with Crippen molar-refractivity contribution in [3.8, 4) is 11.8 Å². The molecule has 1 N–H and O–H groups in total. The lowest BCUT2D eigenvalue weighted by Crippen LogP contribution is -2.25. The summed E-state index contributed by atoms with van der Waals surface area (Å²) in [7, 11) is 0. The fourth-order valence-corrected chi connectivity index (χ4v) is 3.60. The molecule has 6 heteroatoms. The lowest BCUT2D eigenvalue weighted by molar-refractivity contribution is 0.225. The molecule has 6 nitrogen and oxygen atoms in total. The van der Waals surface area contributed by atoms with Crippen LogP contribution in [-0.4, -0.2) is 29.2 Å². The molecule has 1 unspecified atom stereocenters. The zero-order chi connectivity index (χ0) is 20.8. The van der Waals surface area contributed by atoms with Gasteiger partial charge in [-0.3, -0.25) is 0 Å². The second-order valence-electron chi connectivity index (χ2n) is 7.40. The number of nitriles is 1. The molecular formula is C24H25N5O. The lowest BCUT2D eigenvalue weighted by Gasteiger charge is -2.20. The van der Waals surface area contributed by atoms with Crippen LogP contribution in [0.15, 0.2) is 60.7 Å². The van der Waals surface area contributed by atoms with Gasteiger partial charge in [0, 0.05) is 30.4 Å². The van der Waals surface area contributed by atoms with E-state index < -0.39 is 0 Å². The highest BCUT2D eigenvalue weighted by molar-refractivity contribution is 5.58. The van der Waals surface area contributed by atoms with Crippen LogP contribution in [0.25, 0.3) is 0 Å². The number of ether oxygens (including phenoxy) is 1. The first-order chi connectivity index (χ1) is 14.7. The Kier molecular flexibility index (Phi) is 6.09. The Hall–Kier alpha value is -3.59. The van der Waals surface area contributed by atoms with Gasteiger partial charge in [-0.1, -0.05) is 37.6 Å². The number of para-hydroxylation sites is 1. The van der Waals surface area contributed by atoms with Crippen molar-refractivity contribution in [3.63, 3.8) is 0 Å². The number of hydrogen-bond acceptors (Lipinski definition) is 6. The smallest absolute Gasteiger partial charge is 0.229 e. The maximum absolute atomic E-state index is 9.13. The third-order valence-corrected chi connectivity index (χ3v) is 5.03. The van der Waals surface area contributed by atoms with Crippen molar-refractivity contribution < 1.29 is 4.74 Å². The van der Waals surface area contributed by atoms with E-state index in [0.717, 1.165) is 55.3 Å². The Labute approximate surface area is 177 Å². The van der Waals surface area contributed by atoms with Crippen LogP contribution in [0.1, 0.15) is 31.0 Å². The van der Waals surface area contributed by atoms with E-state index in [1.54, 1.807) is 12.1 Å². The lowest BCUT2D eigenvalue weighted by atomic mass is 10.2. The minimum absolute atomic E-state index is 0.140. The van der Waals surface area contributed by atoms with E-state index in [-0.39, 0.29) is 6.10 Å². The highest BCUT2D eigenvalue weighted by atomic mass is 16.5. The summed E-state index contributed by atoms with van der Waals surface area (Å²) in [4.78, 5) is 11.7. The van der Waals surface area contributed by atoms with Gasteiger partial charge in [-0.2, -0.15) is 10.2 Å². The van der Waals surface area contributed by atoms with Crippen molar-refractivity contribution in [2.75, 3.05) is 23.3 Å². The first kappa shape index (κ1) is 19.7. The Morgan fingerprint density at radius 3 is 2.80 bits per heavy atom. The highest BCUT2D eigenvalue weighted by Gasteiger charge is 2.26. The second kappa shape index (κ2) is 9.27. The summed E-state index contributed by atoms with van der Waals surface area (Å²) in [6, 6.07) is 21.5. The summed E-state index contributed by atoms with van der Waals surface area (Å²) in [6.07, 6.45) is 3.00. The number of rotatable bonds is 7. The predicted molar refractivity (Wildman–Crippen MR) is 118 cm³/mol. The molecule has 0 aliphatic carbocycles. The molecule has 0 radical (unpaired) electrons. The fourth-order valence-electron chi connectivity index (χ4n) is 3.60. The molecule has 152 valence electrons. The highest BCUT2D eigenvalue weighted by Crippen LogP contribution is 2.25. The standard InChI is InChI=1S/C24H25N5O/c1-2-7-19-15-23(28-24(26-19)27-20-9-6-8-18(14-20)16-25)29-13-12-22(17-29)30-21-10-4-3-5-11-21/h3-6,8-11,14-15,22H,2,7,12-13,17H2,1H3,(H,26,27,28). The quantitative estimate of drug-likeness (QED) is 0.621. The number of hydrogen-bond donors (Lipinski definition) is 1. The van der Waals surface area contributed by atoms with Crippen LogP contribution >= 0.6 is 0 Å². The molecule has 1 saturated heterocycles. The fraction of sp³-hybridized carbons (Fsp3) is 0.292. The SMILES string of the molecule is CCCc1cc(N2CCC(Oc3ccccc3)C2)nc(Nc2cccc(C#N)c2)n1. The van der Waals surface area contributed by atoms with Gasteiger partial charge in [-0.25, -0.2) is 4.98 Å². The van der Waals surface area contributed by atoms with Gasteiger partial charge in [-0.05, 0) is 36.8 Å². The van der Waals surface area contributed by atoms with Crippen molar-refractivity contribution in [1.29, 1.82) is 5.26 Å². The molecule has 1 aliphatic rings. The van der Waals surface area contributed by atoms with Crippen molar-refractivity contribution in [2.45, 2.75) is 32.3 Å². The molecule has 0 spiro atoms. The maximum atomic E-state index is 9.13. The minimum Gasteiger partial charge on any atom is -0.489 e. The van der Waals surface area contributed by atoms with Crippen molar-refractivity contribution >= 4 is 17.5 Å². The molecule has 2 aromatic carbocycles. The first-order valence-corrected chi connectivity index (χ1v) is 10.4. The van der Waals surface area contributed by atoms with Crippen molar-refractivity contribution in [1.82, 2.24) is 9.97 Å². The van der Waals surface area contributed by atoms with E-state index in [1.165, 1.54) is 0 Å². The summed E-state index contributed by atoms with van der Waals surface area (Å²) in [5, 5.41) is 12.4. The second-order valence-corrected chi connectivity index (χ2v) is 7.40. The largest absolute Gasteiger partial charge is 0.489 e. The van der Waals surface area contributed by atoms with Gasteiger partial charge in [0.25, 0.3) is 0 Å². The number of benzene rings is 2. The van der Waals surface area contributed by atoms with E-state index in [9.17, 15) is 0 Å². The third-order valence-electron chi connectivity index (χ3n) is 5.03. The first-order valence-electron chi connectivity index (χ1n) is 10.4. The molecule has 30 heavy (non-hydrogen) atoms. The molecule has 1 aliphatic heterocycles. The molecule has 0 amide bonds. The molecule has 0 bridgehead atoms. The Morgan fingerprint density at radius 1 is 1.13 bits per heavy atom. The van der Waals surface area contributed by atoms with Gasteiger partial charge in [0.2, 0.25) is 5.95 Å². The normalized spacial score (nSPS) is 15.6. The minimum atomic E-state index is 0.140. The molecule has 2 heterocycles. The van der Waals surface area contributed by atoms with Gasteiger partial charge in [-0.15, -0.1) is 0 Å². The van der Waals surface area contributed by atoms with Crippen LogP contribution in [0.2, 0.25) is 0 Å².